The van der Waals surface area contributed by atoms with E-state index in [2.05, 4.69) is 15.2 Å². The van der Waals surface area contributed by atoms with Crippen molar-refractivity contribution in [3.05, 3.63) is 50.7 Å². The highest BCUT2D eigenvalue weighted by Crippen LogP contribution is 2.28. The molecule has 3 aromatic rings. The number of nitrogens with zero attached hydrogens (tertiary/aromatic N) is 4. The molecule has 1 aliphatic rings. The average molecular weight is 500 g/mol. The summed E-state index contributed by atoms with van der Waals surface area (Å²) in [6, 6.07) is 6.01. The number of hydrogen-bond donors (Lipinski definition) is 1. The number of benzene rings is 1. The summed E-state index contributed by atoms with van der Waals surface area (Å²) in [5, 5.41) is 3.41. The van der Waals surface area contributed by atoms with E-state index in [-0.39, 0.29) is 30.4 Å². The Morgan fingerprint density at radius 2 is 1.91 bits per heavy atom. The molecule has 2 aromatic heterocycles. The quantitative estimate of drug-likeness (QED) is 0.497. The third-order valence-electron chi connectivity index (χ3n) is 5.81. The van der Waals surface area contributed by atoms with Crippen LogP contribution in [0.5, 0.6) is 0 Å². The Labute approximate surface area is 206 Å². The van der Waals surface area contributed by atoms with E-state index in [1.807, 2.05) is 0 Å². The number of rotatable bonds is 7. The zero-order chi connectivity index (χ0) is 25.1. The van der Waals surface area contributed by atoms with Gasteiger partial charge in [0.1, 0.15) is 11.2 Å². The van der Waals surface area contributed by atoms with E-state index in [1.165, 1.54) is 22.0 Å². The van der Waals surface area contributed by atoms with Crippen LogP contribution in [0.15, 0.2) is 33.9 Å². The number of esters is 1. The van der Waals surface area contributed by atoms with Crippen molar-refractivity contribution in [1.82, 2.24) is 14.1 Å². The molecule has 0 aliphatic carbocycles. The lowest BCUT2D eigenvalue weighted by Crippen LogP contribution is -2.42. The van der Waals surface area contributed by atoms with Crippen molar-refractivity contribution in [1.29, 1.82) is 0 Å². The first-order valence-electron chi connectivity index (χ1n) is 11.8. The zero-order valence-electron chi connectivity index (χ0n) is 20.1. The molecule has 11 heteroatoms. The van der Waals surface area contributed by atoms with Crippen LogP contribution in [0.4, 0.5) is 10.8 Å². The van der Waals surface area contributed by atoms with Crippen molar-refractivity contribution >= 4 is 44.4 Å². The van der Waals surface area contributed by atoms with Gasteiger partial charge in [-0.2, -0.15) is 0 Å². The topological polar surface area (TPSA) is 116 Å². The molecule has 4 rings (SSSR count). The molecule has 0 radical (unpaired) electrons. The predicted octanol–water partition coefficient (Wildman–Crippen LogP) is 3.01. The molecule has 0 bridgehead atoms. The standard InChI is InChI=1S/C24H29N5O5S/c1-4-34-22(32)16-9-8-10-17(13-16)25-18(30)14-28-20-19(21(31)29(15(2)3)24(28)33)35-23(26-20)27-11-6-5-7-12-27/h8-10,13,15H,4-7,11-12,14H2,1-3H3,(H,25,30). The summed E-state index contributed by atoms with van der Waals surface area (Å²) in [5.41, 5.74) is -0.0431. The van der Waals surface area contributed by atoms with Crippen LogP contribution in [0.25, 0.3) is 10.3 Å². The molecule has 186 valence electrons. The highest BCUT2D eigenvalue weighted by molar-refractivity contribution is 7.22. The van der Waals surface area contributed by atoms with Gasteiger partial charge in [0.15, 0.2) is 10.8 Å². The number of nitrogens with one attached hydrogen (secondary N) is 1. The molecule has 3 heterocycles. The highest BCUT2D eigenvalue weighted by Gasteiger charge is 2.23. The summed E-state index contributed by atoms with van der Waals surface area (Å²) in [6.45, 7) is 6.84. The Hall–Kier alpha value is -3.47. The second kappa shape index (κ2) is 10.4. The van der Waals surface area contributed by atoms with Crippen LogP contribution in [0.2, 0.25) is 0 Å². The second-order valence-electron chi connectivity index (χ2n) is 8.68. The minimum Gasteiger partial charge on any atom is -0.462 e. The lowest BCUT2D eigenvalue weighted by atomic mass is 10.1. The Morgan fingerprint density at radius 3 is 2.60 bits per heavy atom. The monoisotopic (exact) mass is 499 g/mol. The van der Waals surface area contributed by atoms with Gasteiger partial charge in [0.05, 0.1) is 12.2 Å². The van der Waals surface area contributed by atoms with Crippen molar-refractivity contribution in [2.75, 3.05) is 29.9 Å². The molecule has 0 spiro atoms. The van der Waals surface area contributed by atoms with Crippen molar-refractivity contribution in [2.45, 2.75) is 52.6 Å². The smallest absolute Gasteiger partial charge is 0.338 e. The summed E-state index contributed by atoms with van der Waals surface area (Å²) in [4.78, 5) is 58.1. The fourth-order valence-corrected chi connectivity index (χ4v) is 5.20. The maximum absolute atomic E-state index is 13.3. The van der Waals surface area contributed by atoms with Crippen LogP contribution in [0.1, 0.15) is 56.4 Å². The van der Waals surface area contributed by atoms with Gasteiger partial charge < -0.3 is 15.0 Å². The van der Waals surface area contributed by atoms with E-state index >= 15 is 0 Å². The van der Waals surface area contributed by atoms with Gasteiger partial charge in [0, 0.05) is 24.8 Å². The predicted molar refractivity (Wildman–Crippen MR) is 136 cm³/mol. The number of amides is 1. The van der Waals surface area contributed by atoms with Crippen LogP contribution < -0.4 is 21.5 Å². The maximum atomic E-state index is 13.3. The first-order chi connectivity index (χ1) is 16.8. The largest absolute Gasteiger partial charge is 0.462 e. The number of carbonyl (C=O) groups is 2. The van der Waals surface area contributed by atoms with E-state index in [4.69, 9.17) is 4.74 Å². The van der Waals surface area contributed by atoms with Crippen molar-refractivity contribution in [2.24, 2.45) is 0 Å². The minimum absolute atomic E-state index is 0.220. The maximum Gasteiger partial charge on any atom is 0.338 e. The van der Waals surface area contributed by atoms with Gasteiger partial charge in [-0.25, -0.2) is 14.6 Å². The molecular weight excluding hydrogens is 470 g/mol. The molecule has 0 unspecified atom stereocenters. The summed E-state index contributed by atoms with van der Waals surface area (Å²) >= 11 is 1.26. The molecule has 1 N–H and O–H groups in total. The third-order valence-corrected chi connectivity index (χ3v) is 6.90. The molecule has 1 fully saturated rings. The summed E-state index contributed by atoms with van der Waals surface area (Å²) in [5.74, 6) is -0.964. The molecule has 1 aliphatic heterocycles. The van der Waals surface area contributed by atoms with Crippen molar-refractivity contribution in [3.8, 4) is 0 Å². The number of ether oxygens (including phenoxy) is 1. The van der Waals surface area contributed by atoms with Crippen LogP contribution in [-0.2, 0) is 16.1 Å². The number of hydrogen-bond acceptors (Lipinski definition) is 8. The molecule has 1 amide bonds. The molecular formula is C24H29N5O5S. The summed E-state index contributed by atoms with van der Waals surface area (Å²) in [7, 11) is 0. The summed E-state index contributed by atoms with van der Waals surface area (Å²) in [6.07, 6.45) is 3.25. The van der Waals surface area contributed by atoms with Gasteiger partial charge >= 0.3 is 11.7 Å². The van der Waals surface area contributed by atoms with E-state index in [1.54, 1.807) is 39.0 Å². The summed E-state index contributed by atoms with van der Waals surface area (Å²) < 4.78 is 7.78. The number of anilines is 2. The number of piperidine rings is 1. The Bertz CT molecular complexity index is 1370. The number of thiazole rings is 1. The number of carbonyl (C=O) groups excluding carboxylic acids is 2. The van der Waals surface area contributed by atoms with Gasteiger partial charge in [-0.3, -0.25) is 18.7 Å². The van der Waals surface area contributed by atoms with E-state index < -0.39 is 17.6 Å². The van der Waals surface area contributed by atoms with Crippen LogP contribution >= 0.6 is 11.3 Å². The van der Waals surface area contributed by atoms with Gasteiger partial charge in [-0.05, 0) is 58.2 Å². The lowest BCUT2D eigenvalue weighted by molar-refractivity contribution is -0.116. The Balaban J connectivity index is 1.68. The van der Waals surface area contributed by atoms with Gasteiger partial charge in [0.25, 0.3) is 5.56 Å². The van der Waals surface area contributed by atoms with Crippen molar-refractivity contribution in [3.63, 3.8) is 0 Å². The lowest BCUT2D eigenvalue weighted by Gasteiger charge is -2.25. The van der Waals surface area contributed by atoms with Gasteiger partial charge in [-0.15, -0.1) is 0 Å². The molecule has 35 heavy (non-hydrogen) atoms. The molecule has 1 aromatic carbocycles. The SMILES string of the molecule is CCOC(=O)c1cccc(NC(=O)Cn2c(=O)n(C(C)C)c(=O)c3sc(N4CCCCC4)nc32)c1. The number of fused-ring (bicyclic) bond motifs is 1. The highest BCUT2D eigenvalue weighted by atomic mass is 32.1. The first kappa shape index (κ1) is 24.6. The first-order valence-corrected chi connectivity index (χ1v) is 12.6. The van der Waals surface area contributed by atoms with E-state index in [0.29, 0.717) is 21.1 Å². The van der Waals surface area contributed by atoms with Crippen LogP contribution in [0, 0.1) is 0 Å². The Morgan fingerprint density at radius 1 is 1.17 bits per heavy atom. The van der Waals surface area contributed by atoms with Crippen molar-refractivity contribution < 1.29 is 14.3 Å². The van der Waals surface area contributed by atoms with E-state index in [0.717, 1.165) is 36.9 Å². The average Bonchev–Trinajstić information content (AvgIpc) is 3.28. The van der Waals surface area contributed by atoms with Gasteiger partial charge in [0.2, 0.25) is 5.91 Å². The van der Waals surface area contributed by atoms with Crippen LogP contribution in [0.3, 0.4) is 0 Å². The molecule has 10 nitrogen and oxygen atoms in total. The second-order valence-corrected chi connectivity index (χ2v) is 9.66. The fraction of sp³-hybridized carbons (Fsp3) is 0.458. The van der Waals surface area contributed by atoms with E-state index in [9.17, 15) is 19.2 Å². The van der Waals surface area contributed by atoms with Gasteiger partial charge in [-0.1, -0.05) is 17.4 Å². The number of aromatic nitrogens is 3. The normalized spacial score (nSPS) is 13.9. The molecule has 1 saturated heterocycles. The fourth-order valence-electron chi connectivity index (χ4n) is 4.14. The zero-order valence-corrected chi connectivity index (χ0v) is 20.9. The van der Waals surface area contributed by atoms with Crippen LogP contribution in [-0.4, -0.2) is 45.7 Å². The third kappa shape index (κ3) is 5.14. The minimum atomic E-state index is -0.580. The Kier molecular flexibility index (Phi) is 7.34. The molecule has 0 saturated carbocycles. The molecule has 0 atom stereocenters.